The van der Waals surface area contributed by atoms with Crippen molar-refractivity contribution in [3.63, 3.8) is 0 Å². The molecule has 0 aliphatic carbocycles. The number of nitrogens with zero attached hydrogens (tertiary/aromatic N) is 1. The van der Waals surface area contributed by atoms with Crippen LogP contribution in [0.15, 0.2) is 47.4 Å². The number of rotatable bonds is 9. The molecule has 0 saturated carbocycles. The summed E-state index contributed by atoms with van der Waals surface area (Å²) >= 11 is 6.00. The lowest BCUT2D eigenvalue weighted by molar-refractivity contribution is -0.142. The van der Waals surface area contributed by atoms with E-state index >= 15 is 0 Å². The highest BCUT2D eigenvalue weighted by atomic mass is 35.5. The average molecular weight is 455 g/mol. The fraction of sp³-hybridized carbons (Fsp3) is 0.300. The van der Waals surface area contributed by atoms with Crippen molar-refractivity contribution in [1.29, 1.82) is 0 Å². The van der Waals surface area contributed by atoms with Gasteiger partial charge in [-0.2, -0.15) is 4.31 Å². The van der Waals surface area contributed by atoms with E-state index in [2.05, 4.69) is 5.32 Å². The molecule has 1 N–H and O–H groups in total. The number of esters is 1. The van der Waals surface area contributed by atoms with Gasteiger partial charge >= 0.3 is 5.97 Å². The van der Waals surface area contributed by atoms with E-state index < -0.39 is 22.5 Å². The number of hydrogen-bond acceptors (Lipinski definition) is 6. The first-order valence-electron chi connectivity index (χ1n) is 9.01. The molecule has 0 saturated heterocycles. The summed E-state index contributed by atoms with van der Waals surface area (Å²) in [5.74, 6) is -0.499. The molecule has 2 rings (SSSR count). The van der Waals surface area contributed by atoms with Gasteiger partial charge in [0.1, 0.15) is 5.75 Å². The maximum Gasteiger partial charge on any atom is 0.310 e. The van der Waals surface area contributed by atoms with Gasteiger partial charge in [0.25, 0.3) is 0 Å². The maximum atomic E-state index is 12.7. The third kappa shape index (κ3) is 6.19. The number of hydrogen-bond donors (Lipinski definition) is 1. The summed E-state index contributed by atoms with van der Waals surface area (Å²) in [6.45, 7) is 1.65. The Hall–Kier alpha value is -2.62. The van der Waals surface area contributed by atoms with E-state index in [0.717, 1.165) is 9.87 Å². The Kier molecular flexibility index (Phi) is 8.22. The van der Waals surface area contributed by atoms with E-state index in [4.69, 9.17) is 21.1 Å². The van der Waals surface area contributed by atoms with Gasteiger partial charge in [-0.3, -0.25) is 9.59 Å². The van der Waals surface area contributed by atoms with E-state index in [-0.39, 0.29) is 22.3 Å². The van der Waals surface area contributed by atoms with Crippen LogP contribution in [0.5, 0.6) is 5.75 Å². The molecule has 30 heavy (non-hydrogen) atoms. The molecular weight excluding hydrogens is 432 g/mol. The highest BCUT2D eigenvalue weighted by molar-refractivity contribution is 7.89. The van der Waals surface area contributed by atoms with Gasteiger partial charge in [-0.05, 0) is 42.8 Å². The minimum atomic E-state index is -3.92. The molecular formula is C20H23ClN2O6S. The van der Waals surface area contributed by atoms with E-state index in [0.29, 0.717) is 18.0 Å². The molecule has 2 aromatic carbocycles. The van der Waals surface area contributed by atoms with Crippen molar-refractivity contribution in [2.24, 2.45) is 0 Å². The molecule has 0 aromatic heterocycles. The van der Waals surface area contributed by atoms with Crippen molar-refractivity contribution in [2.75, 3.05) is 32.6 Å². The fourth-order valence-electron chi connectivity index (χ4n) is 2.56. The lowest BCUT2D eigenvalue weighted by atomic mass is 10.1. The highest BCUT2D eigenvalue weighted by Gasteiger charge is 2.24. The first kappa shape index (κ1) is 23.7. The molecule has 2 aromatic rings. The molecule has 10 heteroatoms. The minimum absolute atomic E-state index is 0.0491. The van der Waals surface area contributed by atoms with Crippen LogP contribution in [0.3, 0.4) is 0 Å². The molecule has 162 valence electrons. The number of likely N-dealkylation sites (N-methyl/N-ethyl adjacent to an activating group) is 1. The van der Waals surface area contributed by atoms with Gasteiger partial charge in [-0.15, -0.1) is 0 Å². The van der Waals surface area contributed by atoms with Crippen molar-refractivity contribution in [3.8, 4) is 5.75 Å². The first-order chi connectivity index (χ1) is 14.2. The van der Waals surface area contributed by atoms with Crippen LogP contribution in [0.1, 0.15) is 12.5 Å². The molecule has 0 heterocycles. The summed E-state index contributed by atoms with van der Waals surface area (Å²) in [7, 11) is -1.19. The second kappa shape index (κ2) is 10.4. The average Bonchev–Trinajstić information content (AvgIpc) is 2.69. The molecule has 0 aliphatic rings. The molecule has 0 radical (unpaired) electrons. The smallest absolute Gasteiger partial charge is 0.310 e. The number of sulfonamides is 1. The van der Waals surface area contributed by atoms with Crippen LogP contribution < -0.4 is 10.1 Å². The number of carbonyl (C=O) groups is 2. The molecule has 0 atom stereocenters. The predicted molar refractivity (Wildman–Crippen MR) is 113 cm³/mol. The van der Waals surface area contributed by atoms with Crippen LogP contribution in [0.25, 0.3) is 0 Å². The van der Waals surface area contributed by atoms with Crippen molar-refractivity contribution in [3.05, 3.63) is 53.1 Å². The van der Waals surface area contributed by atoms with Gasteiger partial charge in [0.05, 0.1) is 36.6 Å². The number of amides is 1. The standard InChI is InChI=1S/C20H23ClN2O6S/c1-4-29-20(25)11-14-5-7-15(8-6-14)22-19(24)13-23(2)30(26,27)16-9-10-18(28-3)17(21)12-16/h5-10,12H,4,11,13H2,1-3H3,(H,22,24). The van der Waals surface area contributed by atoms with Crippen LogP contribution in [0.4, 0.5) is 5.69 Å². The Labute approximate surface area is 180 Å². The number of benzene rings is 2. The van der Waals surface area contributed by atoms with Gasteiger partial charge in [0.15, 0.2) is 0 Å². The molecule has 0 fully saturated rings. The molecule has 0 unspecified atom stereocenters. The number of methoxy groups -OCH3 is 1. The lowest BCUT2D eigenvalue weighted by Crippen LogP contribution is -2.35. The topological polar surface area (TPSA) is 102 Å². The zero-order valence-electron chi connectivity index (χ0n) is 16.8. The van der Waals surface area contributed by atoms with Crippen LogP contribution in [0, 0.1) is 0 Å². The third-order valence-electron chi connectivity index (χ3n) is 4.09. The van der Waals surface area contributed by atoms with Crippen LogP contribution in [0.2, 0.25) is 5.02 Å². The Morgan fingerprint density at radius 1 is 1.13 bits per heavy atom. The Morgan fingerprint density at radius 3 is 2.37 bits per heavy atom. The van der Waals surface area contributed by atoms with Gasteiger partial charge in [0.2, 0.25) is 15.9 Å². The molecule has 8 nitrogen and oxygen atoms in total. The second-order valence-electron chi connectivity index (χ2n) is 6.28. The Bertz CT molecular complexity index is 1010. The Morgan fingerprint density at radius 2 is 1.80 bits per heavy atom. The van der Waals surface area contributed by atoms with Crippen LogP contribution in [-0.4, -0.2) is 51.9 Å². The minimum Gasteiger partial charge on any atom is -0.495 e. The maximum absolute atomic E-state index is 12.7. The molecule has 0 spiro atoms. The summed E-state index contributed by atoms with van der Waals surface area (Å²) in [4.78, 5) is 23.7. The molecule has 1 amide bonds. The molecule has 0 aliphatic heterocycles. The number of ether oxygens (including phenoxy) is 2. The number of halogens is 1. The summed E-state index contributed by atoms with van der Waals surface area (Å²) in [5.41, 5.74) is 1.22. The normalized spacial score (nSPS) is 11.2. The zero-order chi connectivity index (χ0) is 22.3. The van der Waals surface area contributed by atoms with E-state index in [1.807, 2.05) is 0 Å². The second-order valence-corrected chi connectivity index (χ2v) is 8.74. The highest BCUT2D eigenvalue weighted by Crippen LogP contribution is 2.28. The predicted octanol–water partition coefficient (Wildman–Crippen LogP) is 2.71. The van der Waals surface area contributed by atoms with Crippen molar-refractivity contribution in [1.82, 2.24) is 4.31 Å². The van der Waals surface area contributed by atoms with Gasteiger partial charge in [-0.1, -0.05) is 23.7 Å². The monoisotopic (exact) mass is 454 g/mol. The molecule has 0 bridgehead atoms. The van der Waals surface area contributed by atoms with Crippen molar-refractivity contribution in [2.45, 2.75) is 18.2 Å². The summed E-state index contributed by atoms with van der Waals surface area (Å²) in [6.07, 6.45) is 0.132. The fourth-order valence-corrected chi connectivity index (χ4v) is 4.04. The van der Waals surface area contributed by atoms with Crippen LogP contribution >= 0.6 is 11.6 Å². The lowest BCUT2D eigenvalue weighted by Gasteiger charge is -2.17. The first-order valence-corrected chi connectivity index (χ1v) is 10.8. The van der Waals surface area contributed by atoms with Crippen molar-refractivity contribution < 1.29 is 27.5 Å². The van der Waals surface area contributed by atoms with E-state index in [1.54, 1.807) is 31.2 Å². The van der Waals surface area contributed by atoms with Gasteiger partial charge in [0, 0.05) is 12.7 Å². The van der Waals surface area contributed by atoms with Gasteiger partial charge < -0.3 is 14.8 Å². The van der Waals surface area contributed by atoms with E-state index in [1.165, 1.54) is 32.4 Å². The zero-order valence-corrected chi connectivity index (χ0v) is 18.4. The summed E-state index contributed by atoms with van der Waals surface area (Å²) in [6, 6.07) is 10.7. The summed E-state index contributed by atoms with van der Waals surface area (Å²) in [5, 5.41) is 2.78. The largest absolute Gasteiger partial charge is 0.495 e. The van der Waals surface area contributed by atoms with Crippen LogP contribution in [-0.2, 0) is 30.8 Å². The van der Waals surface area contributed by atoms with Gasteiger partial charge in [-0.25, -0.2) is 8.42 Å². The SMILES string of the molecule is CCOC(=O)Cc1ccc(NC(=O)CN(C)S(=O)(=O)c2ccc(OC)c(Cl)c2)cc1. The van der Waals surface area contributed by atoms with Crippen molar-refractivity contribution >= 4 is 39.2 Å². The Balaban J connectivity index is 1.99. The third-order valence-corrected chi connectivity index (χ3v) is 6.18. The number of nitrogens with one attached hydrogen (secondary N) is 1. The number of carbonyl (C=O) groups excluding carboxylic acids is 2. The summed E-state index contributed by atoms with van der Waals surface area (Å²) < 4.78 is 36.2. The quantitative estimate of drug-likeness (QED) is 0.584. The number of anilines is 1. The van der Waals surface area contributed by atoms with E-state index in [9.17, 15) is 18.0 Å².